The van der Waals surface area contributed by atoms with E-state index in [9.17, 15) is 4.79 Å². The lowest BCUT2D eigenvalue weighted by molar-refractivity contribution is 0.515. The lowest BCUT2D eigenvalue weighted by atomic mass is 10.4. The van der Waals surface area contributed by atoms with Crippen LogP contribution < -0.4 is 11.5 Å². The van der Waals surface area contributed by atoms with Crippen molar-refractivity contribution in [1.29, 1.82) is 0 Å². The first-order valence-corrected chi connectivity index (χ1v) is 5.25. The Hall–Kier alpha value is -2.70. The van der Waals surface area contributed by atoms with Crippen molar-refractivity contribution in [2.75, 3.05) is 5.73 Å². The van der Waals surface area contributed by atoms with E-state index in [4.69, 9.17) is 10.2 Å². The highest BCUT2D eigenvalue weighted by atomic mass is 16.4. The van der Waals surface area contributed by atoms with E-state index in [0.29, 0.717) is 22.7 Å². The Morgan fingerprint density at radius 1 is 1.28 bits per heavy atom. The molecule has 0 amide bonds. The summed E-state index contributed by atoms with van der Waals surface area (Å²) in [5.74, 6) is -0.136. The van der Waals surface area contributed by atoms with Gasteiger partial charge in [0.1, 0.15) is 5.82 Å². The summed E-state index contributed by atoms with van der Waals surface area (Å²) in [6, 6.07) is 3.40. The fourth-order valence-corrected chi connectivity index (χ4v) is 1.65. The minimum absolute atomic E-state index is 0.246. The van der Waals surface area contributed by atoms with Crippen molar-refractivity contribution >= 4 is 17.0 Å². The lowest BCUT2D eigenvalue weighted by Gasteiger charge is -2.00. The molecule has 0 bridgehead atoms. The molecule has 7 heteroatoms. The van der Waals surface area contributed by atoms with Crippen LogP contribution in [0.2, 0.25) is 0 Å². The number of nitrogens with zero attached hydrogens (tertiary/aromatic N) is 4. The van der Waals surface area contributed by atoms with Gasteiger partial charge >= 0.3 is 5.76 Å². The van der Waals surface area contributed by atoms with Gasteiger partial charge in [-0.15, -0.1) is 0 Å². The van der Waals surface area contributed by atoms with Crippen molar-refractivity contribution in [1.82, 2.24) is 19.5 Å². The second kappa shape index (κ2) is 3.95. The molecule has 0 saturated carbocycles. The summed E-state index contributed by atoms with van der Waals surface area (Å²) in [5, 5.41) is 0. The predicted octanol–water partition coefficient (Wildman–Crippen LogP) is 0.410. The van der Waals surface area contributed by atoms with E-state index in [2.05, 4.69) is 15.0 Å². The molecule has 0 aliphatic carbocycles. The predicted molar refractivity (Wildman–Crippen MR) is 63.8 cm³/mol. The smallest absolute Gasteiger partial charge is 0.406 e. The summed E-state index contributed by atoms with van der Waals surface area (Å²) in [5.41, 5.74) is 7.00. The number of fused-ring (bicyclic) bond motifs is 1. The highest BCUT2D eigenvalue weighted by molar-refractivity contribution is 5.67. The van der Waals surface area contributed by atoms with Crippen LogP contribution in [0, 0.1) is 0 Å². The molecule has 0 saturated heterocycles. The van der Waals surface area contributed by atoms with Crippen LogP contribution in [-0.4, -0.2) is 19.5 Å². The van der Waals surface area contributed by atoms with E-state index < -0.39 is 5.76 Å². The molecule has 18 heavy (non-hydrogen) atoms. The summed E-state index contributed by atoms with van der Waals surface area (Å²) >= 11 is 0. The van der Waals surface area contributed by atoms with Crippen LogP contribution in [-0.2, 0) is 6.54 Å². The van der Waals surface area contributed by atoms with Crippen molar-refractivity contribution < 1.29 is 4.42 Å². The van der Waals surface area contributed by atoms with E-state index in [0.717, 1.165) is 0 Å². The van der Waals surface area contributed by atoms with Crippen LogP contribution in [0.25, 0.3) is 11.2 Å². The molecule has 0 unspecified atom stereocenters. The summed E-state index contributed by atoms with van der Waals surface area (Å²) in [6.07, 6.45) is 4.56. The van der Waals surface area contributed by atoms with Crippen molar-refractivity contribution in [3.05, 3.63) is 47.0 Å². The van der Waals surface area contributed by atoms with Gasteiger partial charge in [0.05, 0.1) is 24.6 Å². The molecule has 3 rings (SSSR count). The lowest BCUT2D eigenvalue weighted by Crippen LogP contribution is -2.16. The number of oxazole rings is 1. The standard InChI is InChI=1S/C11H9N5O2/c12-9-5-14-7(4-15-9)6-16-10-8(18-11(16)17)2-1-3-13-10/h1-5H,6H2,(H2,12,15). The van der Waals surface area contributed by atoms with Gasteiger partial charge in [0.15, 0.2) is 11.2 Å². The first kappa shape index (κ1) is 10.5. The topological polar surface area (TPSA) is 99.8 Å². The van der Waals surface area contributed by atoms with Crippen LogP contribution in [0.15, 0.2) is 39.9 Å². The molecule has 0 fully saturated rings. The maximum atomic E-state index is 11.7. The zero-order valence-electron chi connectivity index (χ0n) is 9.28. The van der Waals surface area contributed by atoms with Crippen LogP contribution >= 0.6 is 0 Å². The quantitative estimate of drug-likeness (QED) is 0.699. The number of anilines is 1. The number of aromatic nitrogens is 4. The van der Waals surface area contributed by atoms with Gasteiger partial charge in [-0.1, -0.05) is 0 Å². The van der Waals surface area contributed by atoms with Crippen molar-refractivity contribution in [2.45, 2.75) is 6.54 Å². The molecular formula is C11H9N5O2. The van der Waals surface area contributed by atoms with Gasteiger partial charge in [-0.05, 0) is 12.1 Å². The van der Waals surface area contributed by atoms with Gasteiger partial charge in [0.2, 0.25) is 0 Å². The third-order valence-electron chi connectivity index (χ3n) is 2.47. The normalized spacial score (nSPS) is 10.9. The molecule has 90 valence electrons. The Kier molecular flexibility index (Phi) is 2.30. The number of nitrogens with two attached hydrogens (primary N) is 1. The number of hydrogen-bond acceptors (Lipinski definition) is 6. The summed E-state index contributed by atoms with van der Waals surface area (Å²) < 4.78 is 6.47. The molecule has 7 nitrogen and oxygen atoms in total. The number of pyridine rings is 1. The number of hydrogen-bond donors (Lipinski definition) is 1. The molecule has 3 aromatic heterocycles. The third kappa shape index (κ3) is 1.71. The van der Waals surface area contributed by atoms with Crippen molar-refractivity contribution in [3.8, 4) is 0 Å². The Morgan fingerprint density at radius 3 is 2.94 bits per heavy atom. The van der Waals surface area contributed by atoms with Gasteiger partial charge in [0, 0.05) is 6.20 Å². The molecule has 0 aliphatic rings. The minimum Gasteiger partial charge on any atom is -0.406 e. The fourth-order valence-electron chi connectivity index (χ4n) is 1.65. The zero-order chi connectivity index (χ0) is 12.5. The second-order valence-corrected chi connectivity index (χ2v) is 3.71. The average molecular weight is 243 g/mol. The summed E-state index contributed by atoms with van der Waals surface area (Å²) in [4.78, 5) is 23.8. The van der Waals surface area contributed by atoms with Crippen LogP contribution in [0.4, 0.5) is 5.82 Å². The molecule has 2 N–H and O–H groups in total. The Labute approximate surface area is 101 Å². The minimum atomic E-state index is -0.470. The monoisotopic (exact) mass is 243 g/mol. The molecule has 0 aliphatic heterocycles. The van der Waals surface area contributed by atoms with E-state index in [1.54, 1.807) is 18.3 Å². The van der Waals surface area contributed by atoms with Crippen LogP contribution in [0.1, 0.15) is 5.69 Å². The maximum Gasteiger partial charge on any atom is 0.421 e. The maximum absolute atomic E-state index is 11.7. The molecule has 3 heterocycles. The van der Waals surface area contributed by atoms with E-state index in [1.807, 2.05) is 0 Å². The van der Waals surface area contributed by atoms with Crippen LogP contribution in [0.5, 0.6) is 0 Å². The number of rotatable bonds is 2. The molecule has 0 atom stereocenters. The largest absolute Gasteiger partial charge is 0.421 e. The van der Waals surface area contributed by atoms with Crippen molar-refractivity contribution in [3.63, 3.8) is 0 Å². The molecule has 0 spiro atoms. The Bertz CT molecular complexity index is 744. The Morgan fingerprint density at radius 2 is 2.17 bits per heavy atom. The summed E-state index contributed by atoms with van der Waals surface area (Å²) in [7, 11) is 0. The third-order valence-corrected chi connectivity index (χ3v) is 2.47. The van der Waals surface area contributed by atoms with Crippen molar-refractivity contribution in [2.24, 2.45) is 0 Å². The Balaban J connectivity index is 2.07. The molecule has 0 aromatic carbocycles. The van der Waals surface area contributed by atoms with Gasteiger partial charge in [-0.25, -0.2) is 14.8 Å². The highest BCUT2D eigenvalue weighted by Crippen LogP contribution is 2.09. The van der Waals surface area contributed by atoms with E-state index in [-0.39, 0.29) is 6.54 Å². The highest BCUT2D eigenvalue weighted by Gasteiger charge is 2.10. The first-order chi connectivity index (χ1) is 8.74. The van der Waals surface area contributed by atoms with E-state index >= 15 is 0 Å². The van der Waals surface area contributed by atoms with Crippen LogP contribution in [0.3, 0.4) is 0 Å². The average Bonchev–Trinajstić information content (AvgIpc) is 2.69. The fraction of sp³-hybridized carbons (Fsp3) is 0.0909. The van der Waals surface area contributed by atoms with Gasteiger partial charge in [0.25, 0.3) is 0 Å². The zero-order valence-corrected chi connectivity index (χ0v) is 9.28. The van der Waals surface area contributed by atoms with E-state index in [1.165, 1.54) is 17.0 Å². The molecule has 0 radical (unpaired) electrons. The summed E-state index contributed by atoms with van der Waals surface area (Å²) in [6.45, 7) is 0.246. The van der Waals surface area contributed by atoms with Gasteiger partial charge < -0.3 is 10.2 Å². The SMILES string of the molecule is Nc1cnc(Cn2c(=O)oc3cccnc32)cn1. The number of nitrogen functional groups attached to an aromatic ring is 1. The molecular weight excluding hydrogens is 234 g/mol. The molecule has 3 aromatic rings. The van der Waals surface area contributed by atoms with Gasteiger partial charge in [-0.3, -0.25) is 9.55 Å². The van der Waals surface area contributed by atoms with Gasteiger partial charge in [-0.2, -0.15) is 0 Å². The first-order valence-electron chi connectivity index (χ1n) is 5.25. The second-order valence-electron chi connectivity index (χ2n) is 3.71.